The molecule has 0 heterocycles. The summed E-state index contributed by atoms with van der Waals surface area (Å²) in [6, 6.07) is 0. The van der Waals surface area contributed by atoms with Crippen molar-refractivity contribution >= 4 is 0 Å². The van der Waals surface area contributed by atoms with Gasteiger partial charge in [0.15, 0.2) is 6.29 Å². The Morgan fingerprint density at radius 3 is 2.71 bits per heavy atom. The minimum atomic E-state index is -0.850. The van der Waals surface area contributed by atoms with Crippen LogP contribution in [0.5, 0.6) is 0 Å². The first-order chi connectivity index (χ1) is 3.31. The van der Waals surface area contributed by atoms with Crippen molar-refractivity contribution in [1.82, 2.24) is 0 Å². The molecule has 40 valence electrons. The van der Waals surface area contributed by atoms with Crippen LogP contribution in [0.4, 0.5) is 0 Å². The Morgan fingerprint density at radius 2 is 2.57 bits per heavy atom. The van der Waals surface area contributed by atoms with Crippen LogP contribution in [0.25, 0.3) is 0 Å². The van der Waals surface area contributed by atoms with Gasteiger partial charge < -0.3 is 9.84 Å². The SMILES string of the molecule is C=C=CC(O)OC. The monoisotopic (exact) mass is 100 g/mol. The third-order valence-electron chi connectivity index (χ3n) is 0.502. The predicted molar refractivity (Wildman–Crippen MR) is 26.7 cm³/mol. The molecule has 1 unspecified atom stereocenters. The quantitative estimate of drug-likeness (QED) is 0.399. The molecule has 0 rings (SSSR count). The molecule has 0 aromatic carbocycles. The van der Waals surface area contributed by atoms with Crippen LogP contribution in [0, 0.1) is 0 Å². The van der Waals surface area contributed by atoms with Gasteiger partial charge in [0.25, 0.3) is 0 Å². The van der Waals surface area contributed by atoms with Gasteiger partial charge in [-0.3, -0.25) is 0 Å². The molecular formula is C5H8O2. The fraction of sp³-hybridized carbons (Fsp3) is 0.400. The molecule has 7 heavy (non-hydrogen) atoms. The summed E-state index contributed by atoms with van der Waals surface area (Å²) in [6.45, 7) is 3.23. The average Bonchev–Trinajstić information content (AvgIpc) is 1.68. The number of hydrogen-bond donors (Lipinski definition) is 1. The molecule has 0 aromatic heterocycles. The second-order valence-electron chi connectivity index (χ2n) is 0.997. The van der Waals surface area contributed by atoms with Crippen LogP contribution in [0.15, 0.2) is 18.4 Å². The van der Waals surface area contributed by atoms with Crippen LogP contribution >= 0.6 is 0 Å². The van der Waals surface area contributed by atoms with Crippen molar-refractivity contribution in [3.05, 3.63) is 18.4 Å². The first-order valence-corrected chi connectivity index (χ1v) is 1.88. The maximum Gasteiger partial charge on any atom is 0.181 e. The van der Waals surface area contributed by atoms with E-state index in [1.165, 1.54) is 13.2 Å². The van der Waals surface area contributed by atoms with E-state index in [0.29, 0.717) is 0 Å². The molecule has 1 N–H and O–H groups in total. The van der Waals surface area contributed by atoms with E-state index in [-0.39, 0.29) is 0 Å². The van der Waals surface area contributed by atoms with Gasteiger partial charge in [0, 0.05) is 13.2 Å². The molecule has 2 nitrogen and oxygen atoms in total. The van der Waals surface area contributed by atoms with E-state index in [2.05, 4.69) is 17.0 Å². The van der Waals surface area contributed by atoms with Crippen LogP contribution in [0.1, 0.15) is 0 Å². The highest BCUT2D eigenvalue weighted by Crippen LogP contribution is 1.80. The minimum Gasteiger partial charge on any atom is -0.364 e. The van der Waals surface area contributed by atoms with E-state index in [0.717, 1.165) is 0 Å². The maximum atomic E-state index is 8.48. The fourth-order valence-corrected chi connectivity index (χ4v) is 0.169. The highest BCUT2D eigenvalue weighted by atomic mass is 16.6. The van der Waals surface area contributed by atoms with Crippen molar-refractivity contribution < 1.29 is 9.84 Å². The Labute approximate surface area is 42.7 Å². The van der Waals surface area contributed by atoms with Gasteiger partial charge in [0.1, 0.15) is 0 Å². The van der Waals surface area contributed by atoms with Crippen molar-refractivity contribution in [2.24, 2.45) is 0 Å². The molecule has 1 atom stereocenters. The number of aliphatic hydroxyl groups excluding tert-OH is 1. The van der Waals surface area contributed by atoms with Crippen LogP contribution in [0.2, 0.25) is 0 Å². The number of hydrogen-bond acceptors (Lipinski definition) is 2. The second-order valence-corrected chi connectivity index (χ2v) is 0.997. The van der Waals surface area contributed by atoms with E-state index in [1.807, 2.05) is 0 Å². The first kappa shape index (κ1) is 6.44. The summed E-state index contributed by atoms with van der Waals surface area (Å²) in [7, 11) is 1.40. The van der Waals surface area contributed by atoms with Crippen LogP contribution < -0.4 is 0 Å². The zero-order valence-corrected chi connectivity index (χ0v) is 4.22. The summed E-state index contributed by atoms with van der Waals surface area (Å²) in [6.07, 6.45) is 0.470. The Balaban J connectivity index is 3.35. The summed E-state index contributed by atoms with van der Waals surface area (Å²) in [4.78, 5) is 0. The van der Waals surface area contributed by atoms with E-state index in [4.69, 9.17) is 5.11 Å². The lowest BCUT2D eigenvalue weighted by atomic mass is 10.6. The molecule has 0 aliphatic carbocycles. The molecular weight excluding hydrogens is 92.1 g/mol. The summed E-state index contributed by atoms with van der Waals surface area (Å²) in [5.41, 5.74) is 2.37. The molecule has 0 spiro atoms. The van der Waals surface area contributed by atoms with Gasteiger partial charge in [0.2, 0.25) is 0 Å². The molecule has 0 radical (unpaired) electrons. The van der Waals surface area contributed by atoms with Gasteiger partial charge >= 0.3 is 0 Å². The van der Waals surface area contributed by atoms with Crippen LogP contribution in [-0.4, -0.2) is 18.5 Å². The molecule has 0 bridgehead atoms. The third-order valence-corrected chi connectivity index (χ3v) is 0.502. The minimum absolute atomic E-state index is 0.850. The van der Waals surface area contributed by atoms with Crippen LogP contribution in [0.3, 0.4) is 0 Å². The van der Waals surface area contributed by atoms with Gasteiger partial charge in [-0.05, 0) is 0 Å². The van der Waals surface area contributed by atoms with E-state index in [1.54, 1.807) is 0 Å². The Hall–Kier alpha value is -0.560. The predicted octanol–water partition coefficient (Wildman–Crippen LogP) is 0.292. The molecule has 0 aliphatic heterocycles. The highest BCUT2D eigenvalue weighted by Gasteiger charge is 1.87. The van der Waals surface area contributed by atoms with Crippen molar-refractivity contribution in [1.29, 1.82) is 0 Å². The second kappa shape index (κ2) is 3.62. The Morgan fingerprint density at radius 1 is 2.00 bits per heavy atom. The molecule has 0 aliphatic rings. The number of rotatable bonds is 2. The molecule has 0 saturated carbocycles. The lowest BCUT2D eigenvalue weighted by Crippen LogP contribution is -2.02. The Bertz CT molecular complexity index is 82.1. The highest BCUT2D eigenvalue weighted by molar-refractivity contribution is 4.77. The zero-order chi connectivity index (χ0) is 5.70. The average molecular weight is 100 g/mol. The molecule has 0 fully saturated rings. The van der Waals surface area contributed by atoms with Crippen molar-refractivity contribution in [2.45, 2.75) is 6.29 Å². The third kappa shape index (κ3) is 3.27. The first-order valence-electron chi connectivity index (χ1n) is 1.88. The van der Waals surface area contributed by atoms with Gasteiger partial charge in [-0.1, -0.05) is 6.58 Å². The van der Waals surface area contributed by atoms with Gasteiger partial charge in [0.05, 0.1) is 0 Å². The topological polar surface area (TPSA) is 29.5 Å². The lowest BCUT2D eigenvalue weighted by molar-refractivity contribution is -0.0354. The lowest BCUT2D eigenvalue weighted by Gasteiger charge is -1.96. The molecule has 0 saturated heterocycles. The fourth-order valence-electron chi connectivity index (χ4n) is 0.169. The van der Waals surface area contributed by atoms with Gasteiger partial charge in [-0.2, -0.15) is 0 Å². The standard InChI is InChI=1S/C5H8O2/c1-3-4-5(6)7-2/h4-6H,1H2,2H3. The zero-order valence-electron chi connectivity index (χ0n) is 4.22. The van der Waals surface area contributed by atoms with Gasteiger partial charge in [-0.25, -0.2) is 0 Å². The summed E-state index contributed by atoms with van der Waals surface area (Å²) in [5, 5.41) is 8.48. The number of methoxy groups -OCH3 is 1. The van der Waals surface area contributed by atoms with E-state index < -0.39 is 6.29 Å². The molecule has 0 amide bonds. The van der Waals surface area contributed by atoms with E-state index in [9.17, 15) is 0 Å². The van der Waals surface area contributed by atoms with Crippen molar-refractivity contribution in [3.63, 3.8) is 0 Å². The van der Waals surface area contributed by atoms with E-state index >= 15 is 0 Å². The molecule has 2 heteroatoms. The summed E-state index contributed by atoms with van der Waals surface area (Å²) in [5.74, 6) is 0. The normalized spacial score (nSPS) is 12.3. The van der Waals surface area contributed by atoms with Crippen molar-refractivity contribution in [3.8, 4) is 0 Å². The summed E-state index contributed by atoms with van der Waals surface area (Å²) >= 11 is 0. The Kier molecular flexibility index (Phi) is 3.33. The molecule has 0 aromatic rings. The van der Waals surface area contributed by atoms with Crippen LogP contribution in [-0.2, 0) is 4.74 Å². The van der Waals surface area contributed by atoms with Gasteiger partial charge in [-0.15, -0.1) is 5.73 Å². The smallest absolute Gasteiger partial charge is 0.181 e. The number of ether oxygens (including phenoxy) is 1. The largest absolute Gasteiger partial charge is 0.364 e. The summed E-state index contributed by atoms with van der Waals surface area (Å²) < 4.78 is 4.39. The number of aliphatic hydroxyl groups is 1. The van der Waals surface area contributed by atoms with Crippen molar-refractivity contribution in [2.75, 3.05) is 7.11 Å². The maximum absolute atomic E-state index is 8.48.